The first-order valence-corrected chi connectivity index (χ1v) is 6.91. The Morgan fingerprint density at radius 1 is 1.47 bits per heavy atom. The quantitative estimate of drug-likeness (QED) is 0.742. The van der Waals surface area contributed by atoms with Crippen LogP contribution in [-0.4, -0.2) is 56.3 Å². The van der Waals surface area contributed by atoms with Crippen LogP contribution in [0.1, 0.15) is 13.3 Å². The number of nitrogens with zero attached hydrogens (tertiary/aromatic N) is 1. The standard InChI is InChI=1S/C14H22N2O3/c1-2-18-14(17)11-19-13-5-3-12(4-6-13)16-9-7-15-8-10-16/h3,5-6,12,15H,2,4,7-11H2,1H3. The van der Waals surface area contributed by atoms with E-state index in [1.54, 1.807) is 6.92 Å². The third-order valence-corrected chi connectivity index (χ3v) is 3.33. The zero-order chi connectivity index (χ0) is 13.5. The molecule has 106 valence electrons. The molecule has 0 spiro atoms. The molecule has 5 heteroatoms. The van der Waals surface area contributed by atoms with Crippen LogP contribution < -0.4 is 5.32 Å². The van der Waals surface area contributed by atoms with E-state index in [9.17, 15) is 4.79 Å². The molecule has 1 saturated heterocycles. The smallest absolute Gasteiger partial charge is 0.344 e. The lowest BCUT2D eigenvalue weighted by Gasteiger charge is -2.33. The largest absolute Gasteiger partial charge is 0.482 e. The van der Waals surface area contributed by atoms with Crippen LogP contribution in [0.4, 0.5) is 0 Å². The highest BCUT2D eigenvalue weighted by Gasteiger charge is 2.19. The molecule has 1 unspecified atom stereocenters. The van der Waals surface area contributed by atoms with E-state index in [4.69, 9.17) is 9.47 Å². The van der Waals surface area contributed by atoms with E-state index >= 15 is 0 Å². The number of rotatable bonds is 5. The summed E-state index contributed by atoms with van der Waals surface area (Å²) in [4.78, 5) is 13.6. The monoisotopic (exact) mass is 266 g/mol. The Bertz CT molecular complexity index is 360. The Labute approximate surface area is 114 Å². The minimum absolute atomic E-state index is 0.0116. The lowest BCUT2D eigenvalue weighted by Crippen LogP contribution is -2.48. The zero-order valence-corrected chi connectivity index (χ0v) is 11.4. The van der Waals surface area contributed by atoms with Gasteiger partial charge in [-0.2, -0.15) is 0 Å². The Morgan fingerprint density at radius 2 is 2.26 bits per heavy atom. The summed E-state index contributed by atoms with van der Waals surface area (Å²) in [5.74, 6) is 0.445. The van der Waals surface area contributed by atoms with Crippen molar-refractivity contribution in [1.29, 1.82) is 0 Å². The van der Waals surface area contributed by atoms with Crippen LogP contribution in [0.15, 0.2) is 24.0 Å². The highest BCUT2D eigenvalue weighted by atomic mass is 16.6. The van der Waals surface area contributed by atoms with E-state index in [2.05, 4.69) is 16.3 Å². The van der Waals surface area contributed by atoms with E-state index in [-0.39, 0.29) is 12.6 Å². The van der Waals surface area contributed by atoms with Crippen LogP contribution in [0.3, 0.4) is 0 Å². The molecule has 5 nitrogen and oxygen atoms in total. The number of carbonyl (C=O) groups excluding carboxylic acids is 1. The first-order valence-electron chi connectivity index (χ1n) is 6.91. The molecule has 0 aromatic heterocycles. The van der Waals surface area contributed by atoms with E-state index in [0.29, 0.717) is 12.6 Å². The van der Waals surface area contributed by atoms with Gasteiger partial charge in [0.15, 0.2) is 6.61 Å². The van der Waals surface area contributed by atoms with Crippen LogP contribution in [-0.2, 0) is 14.3 Å². The topological polar surface area (TPSA) is 50.8 Å². The first kappa shape index (κ1) is 14.1. The minimum Gasteiger partial charge on any atom is -0.482 e. The van der Waals surface area contributed by atoms with Gasteiger partial charge in [0.25, 0.3) is 0 Å². The van der Waals surface area contributed by atoms with Gasteiger partial charge in [-0.1, -0.05) is 6.08 Å². The van der Waals surface area contributed by atoms with Gasteiger partial charge in [0, 0.05) is 32.2 Å². The van der Waals surface area contributed by atoms with Gasteiger partial charge in [-0.25, -0.2) is 4.79 Å². The Kier molecular flexibility index (Phi) is 5.42. The molecule has 19 heavy (non-hydrogen) atoms. The summed E-state index contributed by atoms with van der Waals surface area (Å²) in [6.45, 7) is 6.45. The van der Waals surface area contributed by atoms with Crippen molar-refractivity contribution in [3.05, 3.63) is 24.0 Å². The van der Waals surface area contributed by atoms with Crippen molar-refractivity contribution in [1.82, 2.24) is 10.2 Å². The van der Waals surface area contributed by atoms with Crippen LogP contribution >= 0.6 is 0 Å². The van der Waals surface area contributed by atoms with Crippen molar-refractivity contribution in [3.63, 3.8) is 0 Å². The third-order valence-electron chi connectivity index (χ3n) is 3.33. The summed E-state index contributed by atoms with van der Waals surface area (Å²) in [7, 11) is 0. The van der Waals surface area contributed by atoms with Crippen LogP contribution in [0.25, 0.3) is 0 Å². The molecule has 0 bridgehead atoms. The maximum Gasteiger partial charge on any atom is 0.344 e. The van der Waals surface area contributed by atoms with Crippen LogP contribution in [0, 0.1) is 0 Å². The molecule has 0 aromatic rings. The van der Waals surface area contributed by atoms with Gasteiger partial charge in [-0.15, -0.1) is 0 Å². The number of allylic oxidation sites excluding steroid dienone is 1. The second-order valence-corrected chi connectivity index (χ2v) is 4.65. The van der Waals surface area contributed by atoms with Gasteiger partial charge in [-0.05, 0) is 25.5 Å². The van der Waals surface area contributed by atoms with Gasteiger partial charge in [-0.3, -0.25) is 4.90 Å². The Balaban J connectivity index is 1.74. The molecule has 1 heterocycles. The lowest BCUT2D eigenvalue weighted by molar-refractivity contribution is -0.146. The minimum atomic E-state index is -0.318. The van der Waals surface area contributed by atoms with Crippen molar-refractivity contribution < 1.29 is 14.3 Å². The predicted molar refractivity (Wildman–Crippen MR) is 72.7 cm³/mol. The Morgan fingerprint density at radius 3 is 2.89 bits per heavy atom. The van der Waals surface area contributed by atoms with E-state index in [0.717, 1.165) is 38.4 Å². The first-order chi connectivity index (χ1) is 9.29. The molecule has 1 N–H and O–H groups in total. The molecule has 1 aliphatic heterocycles. The van der Waals surface area contributed by atoms with Crippen molar-refractivity contribution in [2.75, 3.05) is 39.4 Å². The van der Waals surface area contributed by atoms with Crippen molar-refractivity contribution in [2.24, 2.45) is 0 Å². The van der Waals surface area contributed by atoms with Crippen molar-refractivity contribution in [3.8, 4) is 0 Å². The van der Waals surface area contributed by atoms with Gasteiger partial charge < -0.3 is 14.8 Å². The highest BCUT2D eigenvalue weighted by molar-refractivity contribution is 5.70. The fourth-order valence-electron chi connectivity index (χ4n) is 2.33. The molecule has 0 radical (unpaired) electrons. The zero-order valence-electron chi connectivity index (χ0n) is 11.4. The highest BCUT2D eigenvalue weighted by Crippen LogP contribution is 2.17. The summed E-state index contributed by atoms with van der Waals surface area (Å²) >= 11 is 0. The number of hydrogen-bond acceptors (Lipinski definition) is 5. The molecule has 0 saturated carbocycles. The summed E-state index contributed by atoms with van der Waals surface area (Å²) in [5, 5.41) is 3.35. The van der Waals surface area contributed by atoms with Gasteiger partial charge in [0.2, 0.25) is 0 Å². The molecular weight excluding hydrogens is 244 g/mol. The number of esters is 1. The second kappa shape index (κ2) is 7.31. The average Bonchev–Trinajstić information content (AvgIpc) is 2.47. The maximum atomic E-state index is 11.2. The molecule has 2 rings (SSSR count). The SMILES string of the molecule is CCOC(=O)COC1=CCC(N2CCNCC2)C=C1. The molecular formula is C14H22N2O3. The van der Waals surface area contributed by atoms with Gasteiger partial charge in [0.05, 0.1) is 6.61 Å². The number of carbonyl (C=O) groups is 1. The van der Waals surface area contributed by atoms with Crippen LogP contribution in [0.2, 0.25) is 0 Å². The normalized spacial score (nSPS) is 23.8. The van der Waals surface area contributed by atoms with Crippen molar-refractivity contribution in [2.45, 2.75) is 19.4 Å². The average molecular weight is 266 g/mol. The molecule has 1 atom stereocenters. The summed E-state index contributed by atoms with van der Waals surface area (Å²) in [6, 6.07) is 0.456. The van der Waals surface area contributed by atoms with Crippen LogP contribution in [0.5, 0.6) is 0 Å². The van der Waals surface area contributed by atoms with Gasteiger partial charge >= 0.3 is 5.97 Å². The maximum absolute atomic E-state index is 11.2. The molecule has 1 fully saturated rings. The molecule has 0 amide bonds. The molecule has 0 aromatic carbocycles. The lowest BCUT2D eigenvalue weighted by atomic mass is 10.1. The van der Waals surface area contributed by atoms with Crippen molar-refractivity contribution >= 4 is 5.97 Å². The fraction of sp³-hybridized carbons (Fsp3) is 0.643. The number of piperazine rings is 1. The molecule has 2 aliphatic rings. The van der Waals surface area contributed by atoms with E-state index in [1.165, 1.54) is 0 Å². The number of nitrogens with one attached hydrogen (secondary N) is 1. The fourth-order valence-corrected chi connectivity index (χ4v) is 2.33. The van der Waals surface area contributed by atoms with Gasteiger partial charge in [0.1, 0.15) is 5.76 Å². The number of hydrogen-bond donors (Lipinski definition) is 1. The summed E-state index contributed by atoms with van der Waals surface area (Å²) in [6.07, 6.45) is 7.10. The Hall–Kier alpha value is -1.33. The van der Waals surface area contributed by atoms with E-state index in [1.807, 2.05) is 12.2 Å². The summed E-state index contributed by atoms with van der Waals surface area (Å²) in [5.41, 5.74) is 0. The number of ether oxygens (including phenoxy) is 2. The third kappa shape index (κ3) is 4.36. The van der Waals surface area contributed by atoms with E-state index < -0.39 is 0 Å². The molecule has 1 aliphatic carbocycles. The second-order valence-electron chi connectivity index (χ2n) is 4.65. The predicted octanol–water partition coefficient (Wildman–Crippen LogP) is 0.684. The summed E-state index contributed by atoms with van der Waals surface area (Å²) < 4.78 is 10.2.